The van der Waals surface area contributed by atoms with Gasteiger partial charge in [0.1, 0.15) is 0 Å². The summed E-state index contributed by atoms with van der Waals surface area (Å²) in [5.41, 5.74) is 0.00717. The Morgan fingerprint density at radius 3 is 2.56 bits per heavy atom. The van der Waals surface area contributed by atoms with Gasteiger partial charge in [-0.05, 0) is 44.1 Å². The first-order valence-electron chi connectivity index (χ1n) is 8.35. The number of aromatic nitrogens is 2. The van der Waals surface area contributed by atoms with Crippen molar-refractivity contribution in [3.05, 3.63) is 10.6 Å². The summed E-state index contributed by atoms with van der Waals surface area (Å²) >= 11 is 1.22. The van der Waals surface area contributed by atoms with Gasteiger partial charge in [-0.25, -0.2) is 8.42 Å². The first kappa shape index (κ1) is 18.7. The fraction of sp³-hybridized carbons (Fsp3) is 0.800. The molecule has 2 saturated heterocycles. The number of methoxy groups -OCH3 is 1. The molecule has 1 amide bonds. The molecule has 1 aromatic heterocycles. The van der Waals surface area contributed by atoms with Crippen LogP contribution >= 0.6 is 11.5 Å². The number of sulfonamides is 1. The molecule has 140 valence electrons. The zero-order chi connectivity index (χ0) is 18.2. The molecule has 0 bridgehead atoms. The lowest BCUT2D eigenvalue weighted by molar-refractivity contribution is 0.0499. The quantitative estimate of drug-likeness (QED) is 0.761. The van der Waals surface area contributed by atoms with Crippen LogP contribution in [0.3, 0.4) is 0 Å². The number of carbonyl (C=O) groups excluding carboxylic acids is 1. The van der Waals surface area contributed by atoms with Crippen LogP contribution in [-0.4, -0.2) is 77.8 Å². The number of aryl methyl sites for hydroxylation is 1. The van der Waals surface area contributed by atoms with E-state index >= 15 is 0 Å². The second kappa shape index (κ2) is 6.90. The van der Waals surface area contributed by atoms with Gasteiger partial charge in [0.2, 0.25) is 10.0 Å². The SMILES string of the molecule is COCC1CCC2(CCN(C(=O)c3nnsc3C)CC2)N1S(C)(=O)=O. The van der Waals surface area contributed by atoms with E-state index in [1.807, 2.05) is 6.92 Å². The van der Waals surface area contributed by atoms with E-state index in [1.54, 1.807) is 16.3 Å². The molecule has 0 saturated carbocycles. The number of ether oxygens (including phenoxy) is 1. The van der Waals surface area contributed by atoms with Crippen molar-refractivity contribution in [2.45, 2.75) is 44.2 Å². The molecule has 2 aliphatic heterocycles. The van der Waals surface area contributed by atoms with Crippen LogP contribution in [0, 0.1) is 6.92 Å². The van der Waals surface area contributed by atoms with Gasteiger partial charge in [0.15, 0.2) is 5.69 Å². The van der Waals surface area contributed by atoms with Crippen molar-refractivity contribution in [1.82, 2.24) is 18.8 Å². The Morgan fingerprint density at radius 1 is 1.36 bits per heavy atom. The van der Waals surface area contributed by atoms with Gasteiger partial charge in [-0.15, -0.1) is 5.10 Å². The van der Waals surface area contributed by atoms with Crippen molar-refractivity contribution in [3.8, 4) is 0 Å². The average molecular weight is 389 g/mol. The van der Waals surface area contributed by atoms with Crippen LogP contribution in [0.2, 0.25) is 0 Å². The first-order chi connectivity index (χ1) is 11.8. The summed E-state index contributed by atoms with van der Waals surface area (Å²) in [5.74, 6) is -0.113. The fourth-order valence-electron chi connectivity index (χ4n) is 4.19. The van der Waals surface area contributed by atoms with Crippen molar-refractivity contribution < 1.29 is 17.9 Å². The van der Waals surface area contributed by atoms with Gasteiger partial charge in [-0.3, -0.25) is 4.79 Å². The Labute approximate surface area is 152 Å². The highest BCUT2D eigenvalue weighted by Crippen LogP contribution is 2.43. The summed E-state index contributed by atoms with van der Waals surface area (Å²) in [6.45, 7) is 3.30. The largest absolute Gasteiger partial charge is 0.383 e. The molecule has 2 aliphatic rings. The van der Waals surface area contributed by atoms with Crippen molar-refractivity contribution in [2.24, 2.45) is 0 Å². The smallest absolute Gasteiger partial charge is 0.275 e. The molecule has 2 fully saturated rings. The van der Waals surface area contributed by atoms with Crippen LogP contribution in [0.1, 0.15) is 41.0 Å². The van der Waals surface area contributed by atoms with Crippen LogP contribution in [-0.2, 0) is 14.8 Å². The van der Waals surface area contributed by atoms with Crippen LogP contribution in [0.5, 0.6) is 0 Å². The van der Waals surface area contributed by atoms with Gasteiger partial charge in [-0.1, -0.05) is 4.49 Å². The standard InChI is InChI=1S/C15H24N4O4S2/c1-11-13(16-17-24-11)14(20)18-8-6-15(7-9-18)5-4-12(10-23-2)19(15)25(3,21)22/h12H,4-10H2,1-3H3. The van der Waals surface area contributed by atoms with Crippen molar-refractivity contribution >= 4 is 27.5 Å². The molecule has 0 aliphatic carbocycles. The van der Waals surface area contributed by atoms with E-state index in [9.17, 15) is 13.2 Å². The van der Waals surface area contributed by atoms with Gasteiger partial charge in [-0.2, -0.15) is 4.31 Å². The molecule has 0 aromatic carbocycles. The predicted octanol–water partition coefficient (Wildman–Crippen LogP) is 0.892. The third-order valence-electron chi connectivity index (χ3n) is 5.29. The van der Waals surface area contributed by atoms with E-state index in [2.05, 4.69) is 9.59 Å². The highest BCUT2D eigenvalue weighted by atomic mass is 32.2. The number of likely N-dealkylation sites (tertiary alicyclic amines) is 1. The molecule has 1 spiro atoms. The zero-order valence-corrected chi connectivity index (χ0v) is 16.4. The Morgan fingerprint density at radius 2 is 2.04 bits per heavy atom. The van der Waals surface area contributed by atoms with E-state index in [0.29, 0.717) is 38.2 Å². The summed E-state index contributed by atoms with van der Waals surface area (Å²) in [6.07, 6.45) is 4.16. The molecule has 1 atom stereocenters. The lowest BCUT2D eigenvalue weighted by Gasteiger charge is -2.45. The number of amides is 1. The number of nitrogens with zero attached hydrogens (tertiary/aromatic N) is 4. The summed E-state index contributed by atoms with van der Waals surface area (Å²) < 4.78 is 35.5. The zero-order valence-electron chi connectivity index (χ0n) is 14.8. The maximum atomic E-state index is 12.6. The van der Waals surface area contributed by atoms with E-state index in [1.165, 1.54) is 17.8 Å². The molecule has 1 unspecified atom stereocenters. The number of carbonyl (C=O) groups is 1. The molecular weight excluding hydrogens is 364 g/mol. The minimum atomic E-state index is -3.34. The molecule has 0 N–H and O–H groups in total. The van der Waals surface area contributed by atoms with Crippen LogP contribution in [0.15, 0.2) is 0 Å². The topological polar surface area (TPSA) is 92.7 Å². The fourth-order valence-corrected chi connectivity index (χ4v) is 6.34. The average Bonchev–Trinajstić information content (AvgIpc) is 3.12. The van der Waals surface area contributed by atoms with Crippen LogP contribution < -0.4 is 0 Å². The number of hydrogen-bond donors (Lipinski definition) is 0. The van der Waals surface area contributed by atoms with Gasteiger partial charge >= 0.3 is 0 Å². The monoisotopic (exact) mass is 388 g/mol. The van der Waals surface area contributed by atoms with E-state index < -0.39 is 15.6 Å². The molecular formula is C15H24N4O4S2. The van der Waals surface area contributed by atoms with Gasteiger partial charge in [0.25, 0.3) is 5.91 Å². The normalized spacial score (nSPS) is 24.1. The summed E-state index contributed by atoms with van der Waals surface area (Å²) in [5, 5.41) is 3.92. The summed E-state index contributed by atoms with van der Waals surface area (Å²) in [4.78, 5) is 15.2. The van der Waals surface area contributed by atoms with E-state index in [0.717, 1.165) is 17.7 Å². The Bertz CT molecular complexity index is 740. The third kappa shape index (κ3) is 3.44. The molecule has 3 rings (SSSR count). The highest BCUT2D eigenvalue weighted by molar-refractivity contribution is 7.88. The molecule has 0 radical (unpaired) electrons. The van der Waals surface area contributed by atoms with Gasteiger partial charge in [0.05, 0.1) is 17.7 Å². The molecule has 25 heavy (non-hydrogen) atoms. The number of hydrogen-bond acceptors (Lipinski definition) is 7. The minimum Gasteiger partial charge on any atom is -0.383 e. The van der Waals surface area contributed by atoms with Crippen molar-refractivity contribution in [3.63, 3.8) is 0 Å². The van der Waals surface area contributed by atoms with Crippen molar-refractivity contribution in [1.29, 1.82) is 0 Å². The lowest BCUT2D eigenvalue weighted by atomic mass is 9.86. The lowest BCUT2D eigenvalue weighted by Crippen LogP contribution is -2.57. The van der Waals surface area contributed by atoms with Crippen molar-refractivity contribution in [2.75, 3.05) is 33.1 Å². The molecule has 8 nitrogen and oxygen atoms in total. The van der Waals surface area contributed by atoms with Gasteiger partial charge in [0, 0.05) is 31.8 Å². The molecule has 3 heterocycles. The predicted molar refractivity (Wildman–Crippen MR) is 94.1 cm³/mol. The second-order valence-electron chi connectivity index (χ2n) is 6.90. The molecule has 10 heteroatoms. The number of rotatable bonds is 4. The Balaban J connectivity index is 1.76. The minimum absolute atomic E-state index is 0.113. The summed E-state index contributed by atoms with van der Waals surface area (Å²) in [6, 6.07) is -0.118. The Kier molecular flexibility index (Phi) is 5.16. The second-order valence-corrected chi connectivity index (χ2v) is 9.72. The van der Waals surface area contributed by atoms with Gasteiger partial charge < -0.3 is 9.64 Å². The first-order valence-corrected chi connectivity index (χ1v) is 11.0. The van der Waals surface area contributed by atoms with Crippen LogP contribution in [0.4, 0.5) is 0 Å². The maximum Gasteiger partial charge on any atom is 0.275 e. The van der Waals surface area contributed by atoms with E-state index in [4.69, 9.17) is 4.74 Å². The highest BCUT2D eigenvalue weighted by Gasteiger charge is 2.52. The summed E-state index contributed by atoms with van der Waals surface area (Å²) in [7, 11) is -1.75. The maximum absolute atomic E-state index is 12.6. The molecule has 1 aromatic rings. The van der Waals surface area contributed by atoms with E-state index in [-0.39, 0.29) is 11.9 Å². The third-order valence-corrected chi connectivity index (χ3v) is 7.32. The number of piperidine rings is 1. The Hall–Kier alpha value is -1.10. The van der Waals surface area contributed by atoms with Crippen LogP contribution in [0.25, 0.3) is 0 Å².